The Kier molecular flexibility index (Phi) is 6.11. The lowest BCUT2D eigenvalue weighted by molar-refractivity contribution is -0.152. The molecule has 1 aliphatic carbocycles. The third-order valence-corrected chi connectivity index (χ3v) is 8.02. The van der Waals surface area contributed by atoms with Gasteiger partial charge in [0.05, 0.1) is 28.0 Å². The molecule has 3 atom stereocenters. The summed E-state index contributed by atoms with van der Waals surface area (Å²) in [5.41, 5.74) is 0.812. The summed E-state index contributed by atoms with van der Waals surface area (Å²) >= 11 is 1.44. The molecule has 0 bridgehead atoms. The summed E-state index contributed by atoms with van der Waals surface area (Å²) in [7, 11) is 0. The number of aromatic nitrogens is 3. The van der Waals surface area contributed by atoms with Crippen LogP contribution in [0.2, 0.25) is 0 Å². The average Bonchev–Trinajstić information content (AvgIpc) is 3.50. The maximum atomic E-state index is 13.0. The summed E-state index contributed by atoms with van der Waals surface area (Å²) in [5, 5.41) is 6.28. The zero-order valence-corrected chi connectivity index (χ0v) is 22.3. The molecule has 3 fully saturated rings. The second kappa shape index (κ2) is 9.17. The van der Waals surface area contributed by atoms with E-state index in [4.69, 9.17) is 19.2 Å². The number of hydrogen-bond acceptors (Lipinski definition) is 10. The zero-order chi connectivity index (χ0) is 27.6. The van der Waals surface area contributed by atoms with E-state index in [2.05, 4.69) is 20.6 Å². The van der Waals surface area contributed by atoms with Crippen LogP contribution in [0.15, 0.2) is 24.3 Å². The van der Waals surface area contributed by atoms with Gasteiger partial charge < -0.3 is 29.7 Å². The van der Waals surface area contributed by atoms with Gasteiger partial charge in [-0.25, -0.2) is 14.8 Å². The fourth-order valence-corrected chi connectivity index (χ4v) is 6.50. The van der Waals surface area contributed by atoms with Crippen molar-refractivity contribution in [3.05, 3.63) is 30.0 Å². The monoisotopic (exact) mass is 564 g/mol. The van der Waals surface area contributed by atoms with Crippen molar-refractivity contribution in [3.8, 4) is 10.6 Å². The van der Waals surface area contributed by atoms with Gasteiger partial charge in [0, 0.05) is 18.9 Å². The van der Waals surface area contributed by atoms with Crippen LogP contribution in [0.4, 0.5) is 29.7 Å². The summed E-state index contributed by atoms with van der Waals surface area (Å²) in [4.78, 5) is 27.2. The number of aryl methyl sites for hydroxylation is 1. The van der Waals surface area contributed by atoms with Crippen molar-refractivity contribution < 1.29 is 32.2 Å². The van der Waals surface area contributed by atoms with Crippen LogP contribution in [-0.2, 0) is 14.2 Å². The molecule has 10 nitrogen and oxygen atoms in total. The van der Waals surface area contributed by atoms with E-state index in [1.807, 2.05) is 24.3 Å². The number of thiazole rings is 1. The summed E-state index contributed by atoms with van der Waals surface area (Å²) in [5.74, 6) is -0.856. The van der Waals surface area contributed by atoms with Crippen LogP contribution in [-0.4, -0.2) is 76.0 Å². The Hall–Kier alpha value is -3.23. The number of fused-ring (bicyclic) bond motifs is 2. The van der Waals surface area contributed by atoms with Gasteiger partial charge >= 0.3 is 12.3 Å². The molecule has 14 heteroatoms. The lowest BCUT2D eigenvalue weighted by Crippen LogP contribution is -2.64. The number of halogens is 3. The Balaban J connectivity index is 1.36. The van der Waals surface area contributed by atoms with Gasteiger partial charge in [-0.1, -0.05) is 12.1 Å². The van der Waals surface area contributed by atoms with Gasteiger partial charge in [-0.2, -0.15) is 18.2 Å². The molecule has 2 aromatic heterocycles. The highest BCUT2D eigenvalue weighted by Gasteiger charge is 2.65. The zero-order valence-electron chi connectivity index (χ0n) is 21.5. The van der Waals surface area contributed by atoms with Gasteiger partial charge in [-0.15, -0.1) is 11.3 Å². The van der Waals surface area contributed by atoms with Crippen LogP contribution in [0.5, 0.6) is 0 Å². The third kappa shape index (κ3) is 4.96. The molecule has 2 aliphatic heterocycles. The number of rotatable bonds is 7. The first-order valence-electron chi connectivity index (χ1n) is 12.5. The van der Waals surface area contributed by atoms with E-state index in [1.54, 1.807) is 25.7 Å². The van der Waals surface area contributed by atoms with Crippen molar-refractivity contribution in [2.75, 3.05) is 36.9 Å². The molecule has 0 unspecified atom stereocenters. The minimum Gasteiger partial charge on any atom is -0.448 e. The Labute approximate surface area is 225 Å². The highest BCUT2D eigenvalue weighted by molar-refractivity contribution is 7.21. The van der Waals surface area contributed by atoms with Crippen molar-refractivity contribution in [1.29, 1.82) is 0 Å². The van der Waals surface area contributed by atoms with E-state index in [1.165, 1.54) is 11.3 Å². The van der Waals surface area contributed by atoms with Crippen LogP contribution in [0.1, 0.15) is 26.0 Å². The maximum absolute atomic E-state index is 13.0. The number of carbonyl (C=O) groups is 1. The topological polar surface area (TPSA) is 111 Å². The molecule has 2 saturated heterocycles. The predicted molar refractivity (Wildman–Crippen MR) is 137 cm³/mol. The van der Waals surface area contributed by atoms with E-state index in [0.29, 0.717) is 42.4 Å². The molecule has 0 radical (unpaired) electrons. The van der Waals surface area contributed by atoms with Gasteiger partial charge in [0.15, 0.2) is 11.5 Å². The number of carbonyl (C=O) groups excluding carboxylic acids is 1. The molecule has 3 aromatic rings. The van der Waals surface area contributed by atoms with Crippen molar-refractivity contribution in [2.45, 2.75) is 51.0 Å². The molecule has 0 spiro atoms. The highest BCUT2D eigenvalue weighted by atomic mass is 32.1. The number of ether oxygens (including phenoxy) is 3. The molecule has 1 saturated carbocycles. The van der Waals surface area contributed by atoms with Gasteiger partial charge in [0.2, 0.25) is 5.95 Å². The number of cyclic esters (lactones) is 1. The minimum atomic E-state index is -4.44. The molecule has 3 aliphatic rings. The van der Waals surface area contributed by atoms with Crippen LogP contribution in [0.3, 0.4) is 0 Å². The first kappa shape index (κ1) is 26.0. The molecule has 1 aromatic carbocycles. The lowest BCUT2D eigenvalue weighted by Gasteiger charge is -2.49. The normalized spacial score (nSPS) is 25.9. The van der Waals surface area contributed by atoms with Gasteiger partial charge in [0.25, 0.3) is 0 Å². The van der Waals surface area contributed by atoms with Crippen LogP contribution in [0.25, 0.3) is 20.8 Å². The van der Waals surface area contributed by atoms with Crippen molar-refractivity contribution in [2.24, 2.45) is 5.92 Å². The van der Waals surface area contributed by atoms with Crippen molar-refractivity contribution >= 4 is 39.4 Å². The van der Waals surface area contributed by atoms with Gasteiger partial charge in [-0.3, -0.25) is 0 Å². The molecular weight excluding hydrogens is 537 g/mol. The largest absolute Gasteiger partial charge is 0.448 e. The molecule has 208 valence electrons. The summed E-state index contributed by atoms with van der Waals surface area (Å²) in [6.45, 7) is 5.33. The minimum absolute atomic E-state index is 0.0402. The summed E-state index contributed by atoms with van der Waals surface area (Å²) in [6, 6.07) is 7.64. The van der Waals surface area contributed by atoms with E-state index in [0.717, 1.165) is 10.2 Å². The first-order valence-corrected chi connectivity index (χ1v) is 13.4. The van der Waals surface area contributed by atoms with E-state index < -0.39 is 30.3 Å². The Morgan fingerprint density at radius 2 is 2.00 bits per heavy atom. The molecule has 6 rings (SSSR count). The quantitative estimate of drug-likeness (QED) is 0.419. The molecular formula is C25H27F3N6O4S. The van der Waals surface area contributed by atoms with Crippen LogP contribution < -0.4 is 10.6 Å². The summed E-state index contributed by atoms with van der Waals surface area (Å²) in [6.07, 6.45) is -4.75. The Bertz CT molecular complexity index is 1400. The van der Waals surface area contributed by atoms with Crippen molar-refractivity contribution in [1.82, 2.24) is 19.9 Å². The maximum Gasteiger partial charge on any atom is 0.409 e. The number of anilines is 2. The fourth-order valence-electron chi connectivity index (χ4n) is 5.43. The van der Waals surface area contributed by atoms with E-state index in [9.17, 15) is 18.0 Å². The number of nitrogens with zero attached hydrogens (tertiary/aromatic N) is 4. The number of amides is 1. The third-order valence-electron chi connectivity index (χ3n) is 6.97. The predicted octanol–water partition coefficient (Wildman–Crippen LogP) is 4.77. The van der Waals surface area contributed by atoms with Gasteiger partial charge in [-0.05, 0) is 32.9 Å². The van der Waals surface area contributed by atoms with Gasteiger partial charge in [0.1, 0.15) is 30.1 Å². The SMILES string of the molecule is Cc1nc(NCC(F)(F)F)nc(N[C@]23C[C@H](CN4CCOC4=O)[C@H]2OC(C)(C)O3)c1-c1nc2ccccc2s1. The number of nitrogens with one attached hydrogen (secondary N) is 2. The van der Waals surface area contributed by atoms with Crippen molar-refractivity contribution in [3.63, 3.8) is 0 Å². The second-order valence-corrected chi connectivity index (χ2v) is 11.4. The fraction of sp³-hybridized carbons (Fsp3) is 0.520. The lowest BCUT2D eigenvalue weighted by atomic mass is 9.73. The summed E-state index contributed by atoms with van der Waals surface area (Å²) < 4.78 is 57.5. The molecule has 1 amide bonds. The first-order chi connectivity index (χ1) is 18.4. The number of benzene rings is 1. The Morgan fingerprint density at radius 3 is 2.72 bits per heavy atom. The number of alkyl halides is 3. The molecule has 4 heterocycles. The highest BCUT2D eigenvalue weighted by Crippen LogP contribution is 2.53. The number of hydrogen-bond donors (Lipinski definition) is 2. The second-order valence-electron chi connectivity index (χ2n) is 10.4. The van der Waals surface area contributed by atoms with Crippen LogP contribution >= 0.6 is 11.3 Å². The smallest absolute Gasteiger partial charge is 0.409 e. The Morgan fingerprint density at radius 1 is 1.21 bits per heavy atom. The average molecular weight is 565 g/mol. The number of para-hydroxylation sites is 1. The molecule has 2 N–H and O–H groups in total. The van der Waals surface area contributed by atoms with Crippen LogP contribution in [0, 0.1) is 12.8 Å². The van der Waals surface area contributed by atoms with E-state index in [-0.39, 0.29) is 23.8 Å². The standard InChI is InChI=1S/C25H27F3N6O4S/c1-13-17(20-31-15-6-4-5-7-16(15)39-20)19(32-21(30-13)29-12-25(26,27)28)33-24-10-14(11-34-8-9-36-22(34)35)18(24)37-23(2,3)38-24/h4-7,14,18H,8-12H2,1-3H3,(H2,29,30,32,33)/t14-,18-,24+/m1/s1. The molecule has 39 heavy (non-hydrogen) atoms. The van der Waals surface area contributed by atoms with E-state index >= 15 is 0 Å².